The number of benzene rings is 1. The number of nitrogens with zero attached hydrogens (tertiary/aromatic N) is 1. The molecule has 1 aromatic carbocycles. The highest BCUT2D eigenvalue weighted by Gasteiger charge is 2.34. The maximum atomic E-state index is 12.7. The Kier molecular flexibility index (Phi) is 7.82. The number of rotatable bonds is 10. The van der Waals surface area contributed by atoms with E-state index in [0.29, 0.717) is 29.2 Å². The second-order valence-electron chi connectivity index (χ2n) is 6.72. The van der Waals surface area contributed by atoms with Crippen molar-refractivity contribution in [1.82, 2.24) is 10.2 Å². The summed E-state index contributed by atoms with van der Waals surface area (Å²) in [6.45, 7) is 0.260. The van der Waals surface area contributed by atoms with Crippen LogP contribution in [0, 0.1) is 0 Å². The van der Waals surface area contributed by atoms with Gasteiger partial charge in [-0.15, -0.1) is 0 Å². The molecule has 3 amide bonds. The Labute approximate surface area is 189 Å². The number of hydrogen-bond donors (Lipinski definition) is 1. The molecule has 32 heavy (non-hydrogen) atoms. The zero-order chi connectivity index (χ0) is 23.1. The van der Waals surface area contributed by atoms with Gasteiger partial charge in [0.05, 0.1) is 32.5 Å². The predicted molar refractivity (Wildman–Crippen MR) is 119 cm³/mol. The van der Waals surface area contributed by atoms with Gasteiger partial charge in [-0.3, -0.25) is 19.3 Å². The molecule has 0 saturated carbocycles. The standard InChI is InChI=1S/C22H24N2O7S/c1-28-16-11-14(12-17(29-2)20(16)30-3)13-18-21(26)24(22(27)32-18)9-8-23-19(25)7-6-15-5-4-10-31-15/h4-5,10-13H,6-9H2,1-3H3,(H,23,25)/b18-13-. The molecule has 0 aliphatic carbocycles. The van der Waals surface area contributed by atoms with Crippen molar-refractivity contribution in [2.75, 3.05) is 34.4 Å². The summed E-state index contributed by atoms with van der Waals surface area (Å²) >= 11 is 0.841. The fourth-order valence-corrected chi connectivity index (χ4v) is 3.98. The third-order valence-electron chi connectivity index (χ3n) is 4.69. The molecule has 0 atom stereocenters. The highest BCUT2D eigenvalue weighted by molar-refractivity contribution is 8.18. The number of aryl methyl sites for hydroxylation is 1. The Bertz CT molecular complexity index is 992. The van der Waals surface area contributed by atoms with Crippen molar-refractivity contribution in [2.24, 2.45) is 0 Å². The molecule has 1 aromatic heterocycles. The van der Waals surface area contributed by atoms with Crippen molar-refractivity contribution in [2.45, 2.75) is 12.8 Å². The molecule has 0 radical (unpaired) electrons. The van der Waals surface area contributed by atoms with Gasteiger partial charge in [-0.05, 0) is 47.7 Å². The lowest BCUT2D eigenvalue weighted by molar-refractivity contribution is -0.124. The lowest BCUT2D eigenvalue weighted by Crippen LogP contribution is -2.37. The minimum absolute atomic E-state index is 0.0871. The Morgan fingerprint density at radius 1 is 1.16 bits per heavy atom. The van der Waals surface area contributed by atoms with Gasteiger partial charge in [0, 0.05) is 25.9 Å². The highest BCUT2D eigenvalue weighted by Crippen LogP contribution is 2.40. The zero-order valence-corrected chi connectivity index (χ0v) is 18.8. The van der Waals surface area contributed by atoms with Crippen molar-refractivity contribution in [3.8, 4) is 17.2 Å². The number of methoxy groups -OCH3 is 3. The summed E-state index contributed by atoms with van der Waals surface area (Å²) in [6.07, 6.45) is 3.89. The number of ether oxygens (including phenoxy) is 3. The summed E-state index contributed by atoms with van der Waals surface area (Å²) < 4.78 is 21.1. The molecule has 170 valence electrons. The fourth-order valence-electron chi connectivity index (χ4n) is 3.12. The van der Waals surface area contributed by atoms with Crippen LogP contribution >= 0.6 is 11.8 Å². The van der Waals surface area contributed by atoms with Crippen LogP contribution in [0.4, 0.5) is 4.79 Å². The number of furan rings is 1. The number of nitrogens with one attached hydrogen (secondary N) is 1. The van der Waals surface area contributed by atoms with Gasteiger partial charge in [-0.2, -0.15) is 0 Å². The largest absolute Gasteiger partial charge is 0.493 e. The molecule has 0 unspecified atom stereocenters. The first-order chi connectivity index (χ1) is 15.5. The van der Waals surface area contributed by atoms with E-state index in [9.17, 15) is 14.4 Å². The minimum atomic E-state index is -0.418. The Morgan fingerprint density at radius 2 is 1.88 bits per heavy atom. The number of thioether (sulfide) groups is 1. The third kappa shape index (κ3) is 5.44. The fraction of sp³-hybridized carbons (Fsp3) is 0.318. The first kappa shape index (κ1) is 23.3. The Morgan fingerprint density at radius 3 is 2.47 bits per heavy atom. The summed E-state index contributed by atoms with van der Waals surface area (Å²) in [5, 5.41) is 2.33. The molecule has 1 aliphatic heterocycles. The number of imide groups is 1. The van der Waals surface area contributed by atoms with Crippen molar-refractivity contribution >= 4 is 34.9 Å². The minimum Gasteiger partial charge on any atom is -0.493 e. The smallest absolute Gasteiger partial charge is 0.293 e. The molecule has 0 bridgehead atoms. The van der Waals surface area contributed by atoms with Gasteiger partial charge in [-0.1, -0.05) is 0 Å². The van der Waals surface area contributed by atoms with Gasteiger partial charge in [0.15, 0.2) is 11.5 Å². The van der Waals surface area contributed by atoms with Crippen LogP contribution in [0.2, 0.25) is 0 Å². The predicted octanol–water partition coefficient (Wildman–Crippen LogP) is 3.09. The average Bonchev–Trinajstić information content (AvgIpc) is 3.40. The summed E-state index contributed by atoms with van der Waals surface area (Å²) in [6, 6.07) is 6.94. The lowest BCUT2D eigenvalue weighted by Gasteiger charge is -2.13. The van der Waals surface area contributed by atoms with Gasteiger partial charge in [0.2, 0.25) is 11.7 Å². The number of carbonyl (C=O) groups is 3. The molecule has 2 heterocycles. The summed E-state index contributed by atoms with van der Waals surface area (Å²) in [5.41, 5.74) is 0.622. The second kappa shape index (κ2) is 10.8. The molecule has 10 heteroatoms. The Hall–Kier alpha value is -3.40. The first-order valence-corrected chi connectivity index (χ1v) is 10.6. The molecule has 2 aromatic rings. The number of hydrogen-bond acceptors (Lipinski definition) is 8. The van der Waals surface area contributed by atoms with Gasteiger partial charge in [0.25, 0.3) is 11.1 Å². The maximum Gasteiger partial charge on any atom is 0.293 e. The van der Waals surface area contributed by atoms with E-state index in [1.54, 1.807) is 36.6 Å². The van der Waals surface area contributed by atoms with Crippen molar-refractivity contribution in [3.63, 3.8) is 0 Å². The molecule has 1 saturated heterocycles. The average molecular weight is 461 g/mol. The van der Waals surface area contributed by atoms with Crippen LogP contribution in [0.5, 0.6) is 17.2 Å². The molecule has 1 fully saturated rings. The number of carbonyl (C=O) groups excluding carboxylic acids is 3. The molecule has 0 spiro atoms. The molecular weight excluding hydrogens is 436 g/mol. The quantitative estimate of drug-likeness (QED) is 0.539. The van der Waals surface area contributed by atoms with Gasteiger partial charge >= 0.3 is 0 Å². The molecule has 1 aliphatic rings. The lowest BCUT2D eigenvalue weighted by atomic mass is 10.1. The van der Waals surface area contributed by atoms with Crippen LogP contribution in [-0.2, 0) is 16.0 Å². The molecule has 9 nitrogen and oxygen atoms in total. The third-order valence-corrected chi connectivity index (χ3v) is 5.60. The van der Waals surface area contributed by atoms with Crippen LogP contribution in [0.3, 0.4) is 0 Å². The van der Waals surface area contributed by atoms with Crippen molar-refractivity contribution in [3.05, 3.63) is 46.8 Å². The summed E-state index contributed by atoms with van der Waals surface area (Å²) in [5.74, 6) is 1.44. The molecular formula is C22H24N2O7S. The first-order valence-electron chi connectivity index (χ1n) is 9.81. The van der Waals surface area contributed by atoms with E-state index in [2.05, 4.69) is 5.32 Å². The van der Waals surface area contributed by atoms with Crippen molar-refractivity contribution in [1.29, 1.82) is 0 Å². The van der Waals surface area contributed by atoms with Gasteiger partial charge < -0.3 is 23.9 Å². The van der Waals surface area contributed by atoms with Gasteiger partial charge in [0.1, 0.15) is 5.76 Å². The van der Waals surface area contributed by atoms with E-state index in [1.807, 2.05) is 0 Å². The molecule has 1 N–H and O–H groups in total. The second-order valence-corrected chi connectivity index (χ2v) is 7.71. The summed E-state index contributed by atoms with van der Waals surface area (Å²) in [7, 11) is 4.50. The highest BCUT2D eigenvalue weighted by atomic mass is 32.2. The summed E-state index contributed by atoms with van der Waals surface area (Å²) in [4.78, 5) is 38.4. The van der Waals surface area contributed by atoms with Gasteiger partial charge in [-0.25, -0.2) is 0 Å². The van der Waals surface area contributed by atoms with Crippen LogP contribution < -0.4 is 19.5 Å². The zero-order valence-electron chi connectivity index (χ0n) is 18.0. The monoisotopic (exact) mass is 460 g/mol. The van der Waals surface area contributed by atoms with E-state index >= 15 is 0 Å². The van der Waals surface area contributed by atoms with E-state index in [1.165, 1.54) is 21.3 Å². The normalized spacial score (nSPS) is 14.7. The number of amides is 3. The van der Waals surface area contributed by atoms with Crippen LogP contribution in [0.25, 0.3) is 6.08 Å². The van der Waals surface area contributed by atoms with Crippen molar-refractivity contribution < 1.29 is 33.0 Å². The molecule has 3 rings (SSSR count). The van der Waals surface area contributed by atoms with Crippen LogP contribution in [0.1, 0.15) is 17.7 Å². The van der Waals surface area contributed by atoms with E-state index in [-0.39, 0.29) is 30.3 Å². The van der Waals surface area contributed by atoms with E-state index < -0.39 is 11.1 Å². The van der Waals surface area contributed by atoms with E-state index in [4.69, 9.17) is 18.6 Å². The van der Waals surface area contributed by atoms with E-state index in [0.717, 1.165) is 22.4 Å². The topological polar surface area (TPSA) is 107 Å². The van der Waals surface area contributed by atoms with Crippen LogP contribution in [-0.4, -0.2) is 56.4 Å². The SMILES string of the molecule is COc1cc(/C=C2\SC(=O)N(CCNC(=O)CCc3ccco3)C2=O)cc(OC)c1OC. The van der Waals surface area contributed by atoms with Crippen LogP contribution in [0.15, 0.2) is 39.9 Å². The maximum absolute atomic E-state index is 12.7. The Balaban J connectivity index is 1.60.